The van der Waals surface area contributed by atoms with Crippen LogP contribution in [-0.4, -0.2) is 19.4 Å². The van der Waals surface area contributed by atoms with E-state index in [-0.39, 0.29) is 17.0 Å². The van der Waals surface area contributed by atoms with Crippen LogP contribution in [0.4, 0.5) is 4.39 Å². The van der Waals surface area contributed by atoms with Crippen LogP contribution >= 0.6 is 11.6 Å². The molecule has 0 spiro atoms. The van der Waals surface area contributed by atoms with Gasteiger partial charge in [0.05, 0.1) is 18.6 Å². The van der Waals surface area contributed by atoms with Gasteiger partial charge in [0.25, 0.3) is 0 Å². The zero-order chi connectivity index (χ0) is 11.4. The molecule has 0 saturated heterocycles. The summed E-state index contributed by atoms with van der Waals surface area (Å²) in [6.07, 6.45) is 0.363. The average molecular weight is 231 g/mol. The van der Waals surface area contributed by atoms with E-state index in [0.29, 0.717) is 11.8 Å². The Hall–Kier alpha value is -1.42. The largest absolute Gasteiger partial charge is 0.469 e. The molecule has 0 heterocycles. The first kappa shape index (κ1) is 11.7. The van der Waals surface area contributed by atoms with Crippen LogP contribution in [0.2, 0.25) is 5.02 Å². The zero-order valence-electron chi connectivity index (χ0n) is 7.92. The summed E-state index contributed by atoms with van der Waals surface area (Å²) in [5.74, 6) is -1.20. The van der Waals surface area contributed by atoms with E-state index in [9.17, 15) is 14.0 Å². The lowest BCUT2D eigenvalue weighted by Crippen LogP contribution is -2.07. The van der Waals surface area contributed by atoms with Gasteiger partial charge in [-0.05, 0) is 17.7 Å². The Labute approximate surface area is 90.8 Å². The van der Waals surface area contributed by atoms with Crippen LogP contribution in [0, 0.1) is 5.82 Å². The minimum Gasteiger partial charge on any atom is -0.469 e. The summed E-state index contributed by atoms with van der Waals surface area (Å²) in [6.45, 7) is 0. The lowest BCUT2D eigenvalue weighted by atomic mass is 10.1. The van der Waals surface area contributed by atoms with Gasteiger partial charge in [0, 0.05) is 5.56 Å². The van der Waals surface area contributed by atoms with E-state index >= 15 is 0 Å². The molecule has 3 nitrogen and oxygen atoms in total. The second-order valence-electron chi connectivity index (χ2n) is 2.84. The summed E-state index contributed by atoms with van der Waals surface area (Å²) in [7, 11) is 1.23. The maximum atomic E-state index is 13.0. The summed E-state index contributed by atoms with van der Waals surface area (Å²) >= 11 is 5.53. The second kappa shape index (κ2) is 4.89. The Bertz CT molecular complexity index is 404. The molecule has 0 fully saturated rings. The summed E-state index contributed by atoms with van der Waals surface area (Å²) in [5, 5.41) is -0.125. The van der Waals surface area contributed by atoms with Crippen molar-refractivity contribution in [3.8, 4) is 0 Å². The van der Waals surface area contributed by atoms with Crippen LogP contribution in [0.15, 0.2) is 12.1 Å². The van der Waals surface area contributed by atoms with Crippen LogP contribution in [0.3, 0.4) is 0 Å². The highest BCUT2D eigenvalue weighted by atomic mass is 35.5. The number of ether oxygens (including phenoxy) is 1. The lowest BCUT2D eigenvalue weighted by molar-refractivity contribution is -0.139. The third-order valence-electron chi connectivity index (χ3n) is 1.87. The first-order chi connectivity index (χ1) is 7.08. The molecule has 0 saturated carbocycles. The maximum absolute atomic E-state index is 13.0. The summed E-state index contributed by atoms with van der Waals surface area (Å²) in [6, 6.07) is 2.24. The van der Waals surface area contributed by atoms with Crippen molar-refractivity contribution in [3.63, 3.8) is 0 Å². The molecule has 0 aliphatic heterocycles. The first-order valence-electron chi connectivity index (χ1n) is 4.08. The Morgan fingerprint density at radius 1 is 1.60 bits per heavy atom. The number of carbonyl (C=O) groups is 2. The number of aldehydes is 1. The highest BCUT2D eigenvalue weighted by molar-refractivity contribution is 6.30. The number of methoxy groups -OCH3 is 1. The van der Waals surface area contributed by atoms with Crippen LogP contribution in [-0.2, 0) is 16.0 Å². The van der Waals surface area contributed by atoms with Crippen LogP contribution < -0.4 is 0 Å². The number of esters is 1. The monoisotopic (exact) mass is 230 g/mol. The van der Waals surface area contributed by atoms with Crippen molar-refractivity contribution in [1.29, 1.82) is 0 Å². The Morgan fingerprint density at radius 3 is 2.80 bits per heavy atom. The van der Waals surface area contributed by atoms with Gasteiger partial charge in [-0.1, -0.05) is 11.6 Å². The lowest BCUT2D eigenvalue weighted by Gasteiger charge is -2.04. The predicted octanol–water partition coefficient (Wildman–Crippen LogP) is 2.01. The number of hydrogen-bond donors (Lipinski definition) is 0. The normalized spacial score (nSPS) is 9.80. The Balaban J connectivity index is 3.10. The fourth-order valence-corrected chi connectivity index (χ4v) is 1.28. The third kappa shape index (κ3) is 2.76. The summed E-state index contributed by atoms with van der Waals surface area (Å²) in [5.41, 5.74) is 0.450. The van der Waals surface area contributed by atoms with Crippen LogP contribution in [0.1, 0.15) is 15.9 Å². The van der Waals surface area contributed by atoms with Gasteiger partial charge in [0.1, 0.15) is 12.1 Å². The van der Waals surface area contributed by atoms with Gasteiger partial charge in [0.2, 0.25) is 0 Å². The third-order valence-corrected chi connectivity index (χ3v) is 2.16. The molecule has 80 valence electrons. The van der Waals surface area contributed by atoms with Gasteiger partial charge in [-0.2, -0.15) is 0 Å². The molecular formula is C10H8ClFO3. The average Bonchev–Trinajstić information content (AvgIpc) is 2.22. The molecule has 1 aromatic carbocycles. The SMILES string of the molecule is COC(=O)Cc1cc(Cl)c(F)cc1C=O. The molecule has 1 rings (SSSR count). The van der Waals surface area contributed by atoms with Crippen molar-refractivity contribution in [1.82, 2.24) is 0 Å². The van der Waals surface area contributed by atoms with Crippen LogP contribution in [0.5, 0.6) is 0 Å². The van der Waals surface area contributed by atoms with E-state index in [2.05, 4.69) is 4.74 Å². The van der Waals surface area contributed by atoms with E-state index in [1.807, 2.05) is 0 Å². The molecule has 0 aromatic heterocycles. The Morgan fingerprint density at radius 2 is 2.27 bits per heavy atom. The number of hydrogen-bond acceptors (Lipinski definition) is 3. The van der Waals surface area contributed by atoms with Crippen molar-refractivity contribution in [2.75, 3.05) is 7.11 Å². The molecule has 1 aromatic rings. The molecule has 0 aliphatic rings. The van der Waals surface area contributed by atoms with Crippen molar-refractivity contribution in [2.45, 2.75) is 6.42 Å². The smallest absolute Gasteiger partial charge is 0.310 e. The zero-order valence-corrected chi connectivity index (χ0v) is 8.68. The highest BCUT2D eigenvalue weighted by Gasteiger charge is 2.11. The van der Waals surface area contributed by atoms with Gasteiger partial charge >= 0.3 is 5.97 Å². The molecule has 0 N–H and O–H groups in total. The van der Waals surface area contributed by atoms with Gasteiger partial charge < -0.3 is 4.74 Å². The Kier molecular flexibility index (Phi) is 3.80. The van der Waals surface area contributed by atoms with E-state index in [1.165, 1.54) is 13.2 Å². The topological polar surface area (TPSA) is 43.4 Å². The number of rotatable bonds is 3. The molecule has 5 heteroatoms. The number of benzene rings is 1. The number of halogens is 2. The van der Waals surface area contributed by atoms with E-state index in [4.69, 9.17) is 11.6 Å². The molecular weight excluding hydrogens is 223 g/mol. The van der Waals surface area contributed by atoms with Crippen molar-refractivity contribution in [2.24, 2.45) is 0 Å². The molecule has 0 amide bonds. The fraction of sp³-hybridized carbons (Fsp3) is 0.200. The number of carbonyl (C=O) groups excluding carboxylic acids is 2. The van der Waals surface area contributed by atoms with E-state index < -0.39 is 11.8 Å². The highest BCUT2D eigenvalue weighted by Crippen LogP contribution is 2.20. The first-order valence-corrected chi connectivity index (χ1v) is 4.46. The molecule has 0 aliphatic carbocycles. The summed E-state index contributed by atoms with van der Waals surface area (Å²) < 4.78 is 17.4. The molecule has 0 unspecified atom stereocenters. The predicted molar refractivity (Wildman–Crippen MR) is 52.5 cm³/mol. The molecule has 0 radical (unpaired) electrons. The van der Waals surface area contributed by atoms with Gasteiger partial charge in [-0.3, -0.25) is 9.59 Å². The second-order valence-corrected chi connectivity index (χ2v) is 3.24. The summed E-state index contributed by atoms with van der Waals surface area (Å²) in [4.78, 5) is 21.6. The van der Waals surface area contributed by atoms with E-state index in [1.54, 1.807) is 0 Å². The van der Waals surface area contributed by atoms with Crippen molar-refractivity contribution >= 4 is 23.9 Å². The van der Waals surface area contributed by atoms with Crippen LogP contribution in [0.25, 0.3) is 0 Å². The molecule has 0 atom stereocenters. The molecule has 0 bridgehead atoms. The van der Waals surface area contributed by atoms with E-state index in [0.717, 1.165) is 6.07 Å². The fourth-order valence-electron chi connectivity index (χ4n) is 1.09. The van der Waals surface area contributed by atoms with Crippen molar-refractivity contribution < 1.29 is 18.7 Å². The molecule has 15 heavy (non-hydrogen) atoms. The van der Waals surface area contributed by atoms with Crippen molar-refractivity contribution in [3.05, 3.63) is 34.1 Å². The minimum atomic E-state index is -0.688. The maximum Gasteiger partial charge on any atom is 0.310 e. The van der Waals surface area contributed by atoms with Gasteiger partial charge in [-0.25, -0.2) is 4.39 Å². The minimum absolute atomic E-state index is 0.0994. The standard InChI is InChI=1S/C10H8ClFO3/c1-15-10(14)4-6-2-8(11)9(12)3-7(6)5-13/h2-3,5H,4H2,1H3. The quantitative estimate of drug-likeness (QED) is 0.589. The van der Waals surface area contributed by atoms with Gasteiger partial charge in [-0.15, -0.1) is 0 Å². The van der Waals surface area contributed by atoms with Gasteiger partial charge in [0.15, 0.2) is 0 Å².